The van der Waals surface area contributed by atoms with Gasteiger partial charge in [0.05, 0.1) is 0 Å². The van der Waals surface area contributed by atoms with Gasteiger partial charge in [0.25, 0.3) is 0 Å². The second-order valence-corrected chi connectivity index (χ2v) is 9.49. The van der Waals surface area contributed by atoms with Gasteiger partial charge in [-0.05, 0) is 54.4 Å². The molecule has 1 aromatic carbocycles. The number of hydrogen-bond acceptors (Lipinski definition) is 1. The van der Waals surface area contributed by atoms with Crippen LogP contribution in [0.15, 0.2) is 18.2 Å². The highest BCUT2D eigenvalue weighted by Gasteiger charge is 2.16. The van der Waals surface area contributed by atoms with Gasteiger partial charge < -0.3 is 4.43 Å². The number of hydrogen-bond donors (Lipinski definition) is 0. The number of rotatable bonds is 2. The van der Waals surface area contributed by atoms with Crippen LogP contribution in [0.2, 0.25) is 19.6 Å². The first-order valence-electron chi connectivity index (χ1n) is 4.02. The topological polar surface area (TPSA) is 9.23 Å². The molecule has 1 nitrogen and oxygen atoms in total. The first-order chi connectivity index (χ1) is 5.87. The lowest BCUT2D eigenvalue weighted by Crippen LogP contribution is -2.29. The van der Waals surface area contributed by atoms with Crippen LogP contribution in [0.4, 0.5) is 4.39 Å². The van der Waals surface area contributed by atoms with Crippen molar-refractivity contribution in [1.82, 2.24) is 0 Å². The van der Waals surface area contributed by atoms with Gasteiger partial charge in [-0.1, -0.05) is 0 Å². The van der Waals surface area contributed by atoms with Crippen molar-refractivity contribution in [2.24, 2.45) is 0 Å². The molecule has 0 radical (unpaired) electrons. The van der Waals surface area contributed by atoms with Gasteiger partial charge in [0, 0.05) is 9.64 Å². The van der Waals surface area contributed by atoms with Gasteiger partial charge in [0.1, 0.15) is 11.6 Å². The zero-order valence-corrected chi connectivity index (χ0v) is 11.1. The summed E-state index contributed by atoms with van der Waals surface area (Å²) < 4.78 is 19.5. The quantitative estimate of drug-likeness (QED) is 0.598. The molecule has 72 valence electrons. The van der Waals surface area contributed by atoms with Crippen molar-refractivity contribution < 1.29 is 8.82 Å². The maximum absolute atomic E-state index is 12.9. The molecule has 0 N–H and O–H groups in total. The summed E-state index contributed by atoms with van der Waals surface area (Å²) in [6.45, 7) is 6.22. The first-order valence-corrected chi connectivity index (χ1v) is 8.51. The van der Waals surface area contributed by atoms with E-state index in [1.165, 1.54) is 12.1 Å². The van der Waals surface area contributed by atoms with Crippen LogP contribution in [0, 0.1) is 9.39 Å². The van der Waals surface area contributed by atoms with Crippen molar-refractivity contribution in [3.05, 3.63) is 27.6 Å². The molecule has 0 spiro atoms. The van der Waals surface area contributed by atoms with E-state index >= 15 is 0 Å². The summed E-state index contributed by atoms with van der Waals surface area (Å²) in [6, 6.07) is 4.76. The third-order valence-electron chi connectivity index (χ3n) is 1.26. The summed E-state index contributed by atoms with van der Waals surface area (Å²) in [5.74, 6) is 0.406. The molecule has 0 aliphatic rings. The lowest BCUT2D eigenvalue weighted by atomic mass is 10.3. The molecule has 0 bridgehead atoms. The minimum atomic E-state index is -1.61. The predicted molar refractivity (Wildman–Crippen MR) is 63.1 cm³/mol. The predicted octanol–water partition coefficient (Wildman–Crippen LogP) is 3.64. The normalized spacial score (nSPS) is 11.5. The summed E-state index contributed by atoms with van der Waals surface area (Å²) in [7, 11) is -1.61. The molecule has 0 saturated heterocycles. The van der Waals surface area contributed by atoms with Gasteiger partial charge in [0.15, 0.2) is 0 Å². The van der Waals surface area contributed by atoms with Crippen LogP contribution >= 0.6 is 22.6 Å². The minimum absolute atomic E-state index is 0.236. The van der Waals surface area contributed by atoms with E-state index in [4.69, 9.17) is 4.43 Å². The van der Waals surface area contributed by atoms with Crippen LogP contribution in [-0.4, -0.2) is 8.32 Å². The molecule has 0 aromatic heterocycles. The van der Waals surface area contributed by atoms with E-state index in [0.29, 0.717) is 5.75 Å². The second-order valence-electron chi connectivity index (χ2n) is 3.82. The highest BCUT2D eigenvalue weighted by atomic mass is 127. The molecule has 0 aliphatic carbocycles. The van der Waals surface area contributed by atoms with Crippen LogP contribution < -0.4 is 4.43 Å². The summed E-state index contributed by atoms with van der Waals surface area (Å²) in [5, 5.41) is 0. The molecular formula is C9H12FIOSi. The summed E-state index contributed by atoms with van der Waals surface area (Å²) in [6.07, 6.45) is 0. The fraction of sp³-hybridized carbons (Fsp3) is 0.333. The smallest absolute Gasteiger partial charge is 0.242 e. The van der Waals surface area contributed by atoms with Crippen LogP contribution in [0.5, 0.6) is 5.75 Å². The Kier molecular flexibility index (Phi) is 3.34. The van der Waals surface area contributed by atoms with E-state index in [0.717, 1.165) is 3.57 Å². The van der Waals surface area contributed by atoms with Crippen molar-refractivity contribution in [2.45, 2.75) is 19.6 Å². The van der Waals surface area contributed by atoms with E-state index in [1.54, 1.807) is 0 Å². The average Bonchev–Trinajstić information content (AvgIpc) is 1.78. The van der Waals surface area contributed by atoms with Crippen molar-refractivity contribution in [3.63, 3.8) is 0 Å². The zero-order chi connectivity index (χ0) is 10.1. The Bertz CT molecular complexity index is 289. The van der Waals surface area contributed by atoms with Gasteiger partial charge in [0.2, 0.25) is 8.32 Å². The Balaban J connectivity index is 2.90. The fourth-order valence-corrected chi connectivity index (χ4v) is 2.37. The van der Waals surface area contributed by atoms with Gasteiger partial charge in [-0.2, -0.15) is 0 Å². The number of halogens is 2. The monoisotopic (exact) mass is 310 g/mol. The molecule has 1 rings (SSSR count). The first kappa shape index (κ1) is 11.0. The largest absolute Gasteiger partial charge is 0.544 e. The fourth-order valence-electron chi connectivity index (χ4n) is 0.941. The molecule has 0 atom stereocenters. The maximum Gasteiger partial charge on any atom is 0.242 e. The standard InChI is InChI=1S/C9H12FIOSi/c1-13(2,3)12-9-5-7(10)4-8(11)6-9/h4-6H,1-3H3. The minimum Gasteiger partial charge on any atom is -0.544 e. The molecule has 0 amide bonds. The van der Waals surface area contributed by atoms with Gasteiger partial charge in [-0.25, -0.2) is 4.39 Å². The van der Waals surface area contributed by atoms with Crippen LogP contribution in [-0.2, 0) is 0 Å². The summed E-state index contributed by atoms with van der Waals surface area (Å²) in [5.41, 5.74) is 0. The third kappa shape index (κ3) is 4.08. The Morgan fingerprint density at radius 3 is 2.31 bits per heavy atom. The molecule has 0 saturated carbocycles. The van der Waals surface area contributed by atoms with E-state index in [2.05, 4.69) is 42.2 Å². The van der Waals surface area contributed by atoms with Crippen molar-refractivity contribution in [2.75, 3.05) is 0 Å². The lowest BCUT2D eigenvalue weighted by Gasteiger charge is -2.19. The molecule has 1 aromatic rings. The summed E-state index contributed by atoms with van der Waals surface area (Å²) in [4.78, 5) is 0. The highest BCUT2D eigenvalue weighted by Crippen LogP contribution is 2.20. The SMILES string of the molecule is C[Si](C)(C)Oc1cc(F)cc(I)c1. The van der Waals surface area contributed by atoms with Crippen LogP contribution in [0.3, 0.4) is 0 Å². The molecular weight excluding hydrogens is 298 g/mol. The Morgan fingerprint density at radius 2 is 1.85 bits per heavy atom. The average molecular weight is 310 g/mol. The molecule has 0 aliphatic heterocycles. The molecule has 0 heterocycles. The molecule has 4 heteroatoms. The van der Waals surface area contributed by atoms with Crippen molar-refractivity contribution in [1.29, 1.82) is 0 Å². The molecule has 0 unspecified atom stereocenters. The maximum atomic E-state index is 12.9. The lowest BCUT2D eigenvalue weighted by molar-refractivity contribution is 0.544. The van der Waals surface area contributed by atoms with Crippen LogP contribution in [0.1, 0.15) is 0 Å². The van der Waals surface area contributed by atoms with Gasteiger partial charge >= 0.3 is 0 Å². The van der Waals surface area contributed by atoms with E-state index in [-0.39, 0.29) is 5.82 Å². The van der Waals surface area contributed by atoms with E-state index in [1.807, 2.05) is 6.07 Å². The molecule has 13 heavy (non-hydrogen) atoms. The molecule has 0 fully saturated rings. The van der Waals surface area contributed by atoms with Gasteiger partial charge in [-0.15, -0.1) is 0 Å². The Hall–Kier alpha value is -0.103. The van der Waals surface area contributed by atoms with Crippen molar-refractivity contribution in [3.8, 4) is 5.75 Å². The zero-order valence-electron chi connectivity index (χ0n) is 7.90. The highest BCUT2D eigenvalue weighted by molar-refractivity contribution is 14.1. The number of benzene rings is 1. The van der Waals surface area contributed by atoms with Crippen molar-refractivity contribution >= 4 is 30.9 Å². The summed E-state index contributed by atoms with van der Waals surface area (Å²) >= 11 is 2.08. The Labute approximate surface area is 92.6 Å². The van der Waals surface area contributed by atoms with E-state index < -0.39 is 8.32 Å². The van der Waals surface area contributed by atoms with Gasteiger partial charge in [-0.3, -0.25) is 0 Å². The van der Waals surface area contributed by atoms with E-state index in [9.17, 15) is 4.39 Å². The third-order valence-corrected chi connectivity index (χ3v) is 2.73. The van der Waals surface area contributed by atoms with Crippen LogP contribution in [0.25, 0.3) is 0 Å². The second kappa shape index (κ2) is 3.96. The Morgan fingerprint density at radius 1 is 1.23 bits per heavy atom.